The zero-order valence-corrected chi connectivity index (χ0v) is 19.4. The van der Waals surface area contributed by atoms with Crippen LogP contribution >= 0.6 is 0 Å². The van der Waals surface area contributed by atoms with Crippen molar-refractivity contribution >= 4 is 5.91 Å². The van der Waals surface area contributed by atoms with Gasteiger partial charge in [0.05, 0.1) is 11.7 Å². The quantitative estimate of drug-likeness (QED) is 0.416. The van der Waals surface area contributed by atoms with E-state index in [2.05, 4.69) is 18.2 Å². The van der Waals surface area contributed by atoms with Gasteiger partial charge in [0.25, 0.3) is 0 Å². The second-order valence-electron chi connectivity index (χ2n) is 10.6. The number of rotatable bonds is 9. The van der Waals surface area contributed by atoms with Gasteiger partial charge in [0.1, 0.15) is 0 Å². The van der Waals surface area contributed by atoms with Crippen LogP contribution in [0.5, 0.6) is 0 Å². The van der Waals surface area contributed by atoms with E-state index in [1.165, 1.54) is 24.8 Å². The molecule has 3 aliphatic carbocycles. The molecule has 2 saturated carbocycles. The van der Waals surface area contributed by atoms with Gasteiger partial charge >= 0.3 is 0 Å². The number of carbonyl (C=O) groups excluding carboxylic acids is 1. The fourth-order valence-corrected chi connectivity index (χ4v) is 6.00. The number of allylic oxidation sites excluding steroid dienone is 2. The highest BCUT2D eigenvalue weighted by Crippen LogP contribution is 2.48. The molecule has 3 aliphatic rings. The number of carbonyl (C=O) groups is 1. The summed E-state index contributed by atoms with van der Waals surface area (Å²) in [5, 5.41) is 21.6. The lowest BCUT2D eigenvalue weighted by Gasteiger charge is -2.35. The summed E-state index contributed by atoms with van der Waals surface area (Å²) in [6.07, 6.45) is 19.0. The molecule has 0 radical (unpaired) electrons. The van der Waals surface area contributed by atoms with E-state index >= 15 is 0 Å². The third-order valence-corrected chi connectivity index (χ3v) is 7.96. The zero-order valence-electron chi connectivity index (χ0n) is 19.4. The van der Waals surface area contributed by atoms with Crippen LogP contribution in [0.1, 0.15) is 84.0 Å². The van der Waals surface area contributed by atoms with Crippen molar-refractivity contribution in [3.05, 3.63) is 23.8 Å². The van der Waals surface area contributed by atoms with Crippen LogP contribution in [0.4, 0.5) is 0 Å². The van der Waals surface area contributed by atoms with Crippen molar-refractivity contribution in [3.63, 3.8) is 0 Å². The van der Waals surface area contributed by atoms with Crippen LogP contribution in [0.3, 0.4) is 0 Å². The van der Waals surface area contributed by atoms with E-state index in [0.29, 0.717) is 30.6 Å². The molecule has 0 aromatic rings. The van der Waals surface area contributed by atoms with Gasteiger partial charge in [-0.25, -0.2) is 0 Å². The third kappa shape index (κ3) is 5.97. The summed E-state index contributed by atoms with van der Waals surface area (Å²) in [6, 6.07) is 0. The summed E-state index contributed by atoms with van der Waals surface area (Å²) in [5.41, 5.74) is 0.893. The Hall–Kier alpha value is -1.13. The summed E-state index contributed by atoms with van der Waals surface area (Å²) >= 11 is 0. The molecule has 2 fully saturated rings. The predicted molar refractivity (Wildman–Crippen MR) is 122 cm³/mol. The second-order valence-corrected chi connectivity index (χ2v) is 10.6. The first-order chi connectivity index (χ1) is 14.3. The average Bonchev–Trinajstić information content (AvgIpc) is 3.23. The molecule has 4 nitrogen and oxygen atoms in total. The van der Waals surface area contributed by atoms with E-state index in [1.807, 2.05) is 21.0 Å². The number of fused-ring (bicyclic) bond motifs is 1. The van der Waals surface area contributed by atoms with E-state index in [9.17, 15) is 15.0 Å². The molecule has 0 aromatic heterocycles. The Labute approximate surface area is 183 Å². The summed E-state index contributed by atoms with van der Waals surface area (Å²) in [6.45, 7) is 2.00. The van der Waals surface area contributed by atoms with E-state index in [-0.39, 0.29) is 17.9 Å². The smallest absolute Gasteiger partial charge is 0.222 e. The maximum atomic E-state index is 11.7. The lowest BCUT2D eigenvalue weighted by molar-refractivity contribution is -0.128. The van der Waals surface area contributed by atoms with Crippen LogP contribution in [0.2, 0.25) is 0 Å². The molecule has 0 saturated heterocycles. The monoisotopic (exact) mass is 417 g/mol. The lowest BCUT2D eigenvalue weighted by Crippen LogP contribution is -2.35. The van der Waals surface area contributed by atoms with Gasteiger partial charge in [-0.1, -0.05) is 43.1 Å². The van der Waals surface area contributed by atoms with Gasteiger partial charge in [-0.3, -0.25) is 4.79 Å². The number of unbranched alkanes of at least 4 members (excludes halogenated alkanes) is 1. The molecule has 170 valence electrons. The minimum Gasteiger partial charge on any atom is -0.392 e. The molecular weight excluding hydrogens is 374 g/mol. The summed E-state index contributed by atoms with van der Waals surface area (Å²) < 4.78 is 0. The Morgan fingerprint density at radius 3 is 2.67 bits per heavy atom. The van der Waals surface area contributed by atoms with Crippen LogP contribution in [0.25, 0.3) is 0 Å². The van der Waals surface area contributed by atoms with Crippen molar-refractivity contribution in [1.29, 1.82) is 0 Å². The number of amides is 1. The number of hydrogen-bond acceptors (Lipinski definition) is 3. The maximum absolute atomic E-state index is 11.7. The highest BCUT2D eigenvalue weighted by Gasteiger charge is 2.43. The molecule has 0 bridgehead atoms. The lowest BCUT2D eigenvalue weighted by atomic mass is 9.76. The van der Waals surface area contributed by atoms with Crippen molar-refractivity contribution < 1.29 is 15.0 Å². The normalized spacial score (nSPS) is 31.6. The highest BCUT2D eigenvalue weighted by atomic mass is 16.3. The second kappa shape index (κ2) is 10.5. The first-order valence-electron chi connectivity index (χ1n) is 12.2. The van der Waals surface area contributed by atoms with Crippen molar-refractivity contribution in [2.75, 3.05) is 14.1 Å². The molecule has 0 aromatic carbocycles. The number of aliphatic hydroxyl groups excluding tert-OH is 1. The van der Waals surface area contributed by atoms with Gasteiger partial charge in [0.2, 0.25) is 5.91 Å². The van der Waals surface area contributed by atoms with Gasteiger partial charge in [-0.15, -0.1) is 0 Å². The fourth-order valence-electron chi connectivity index (χ4n) is 6.00. The van der Waals surface area contributed by atoms with Gasteiger partial charge in [0, 0.05) is 26.4 Å². The van der Waals surface area contributed by atoms with Crippen LogP contribution in [-0.4, -0.2) is 46.8 Å². The zero-order chi connectivity index (χ0) is 21.7. The Balaban J connectivity index is 1.45. The van der Waals surface area contributed by atoms with Crippen molar-refractivity contribution in [2.24, 2.45) is 23.7 Å². The molecular formula is C26H43NO3. The van der Waals surface area contributed by atoms with Crippen LogP contribution in [-0.2, 0) is 4.79 Å². The average molecular weight is 418 g/mol. The molecule has 0 aliphatic heterocycles. The largest absolute Gasteiger partial charge is 0.392 e. The first-order valence-corrected chi connectivity index (χ1v) is 12.2. The van der Waals surface area contributed by atoms with Gasteiger partial charge in [0.15, 0.2) is 0 Å². The highest BCUT2D eigenvalue weighted by molar-refractivity contribution is 5.75. The SMILES string of the molecule is CN(C)C(=O)CCCCC1=C[C@H]2C[C@@H](O)[C@H](/C=C/C[C@](C)(O)C3CCCCC3)[C@H]2C1. The van der Waals surface area contributed by atoms with Crippen LogP contribution in [0.15, 0.2) is 23.8 Å². The Kier molecular flexibility index (Phi) is 8.20. The first kappa shape index (κ1) is 23.5. The molecule has 1 amide bonds. The maximum Gasteiger partial charge on any atom is 0.222 e. The molecule has 30 heavy (non-hydrogen) atoms. The topological polar surface area (TPSA) is 60.8 Å². The van der Waals surface area contributed by atoms with E-state index in [1.54, 1.807) is 4.90 Å². The third-order valence-electron chi connectivity index (χ3n) is 7.96. The number of hydrogen-bond donors (Lipinski definition) is 2. The standard InChI is InChI=1S/C26H43NO3/c1-26(30,21-11-5-4-6-12-21)15-9-13-22-23-17-19(16-20(23)18-24(22)28)10-7-8-14-25(29)27(2)3/h9,13,16,20-24,28,30H,4-8,10-12,14-15,17-18H2,1-3H3/b13-9+/t20-,22+,23-,24+,26-/m0/s1. The molecule has 3 rings (SSSR count). The van der Waals surface area contributed by atoms with Gasteiger partial charge < -0.3 is 15.1 Å². The fraction of sp³-hybridized carbons (Fsp3) is 0.808. The van der Waals surface area contributed by atoms with Crippen LogP contribution in [0, 0.1) is 23.7 Å². The molecule has 5 atom stereocenters. The number of aliphatic hydroxyl groups is 2. The van der Waals surface area contributed by atoms with Crippen molar-refractivity contribution in [1.82, 2.24) is 4.90 Å². The van der Waals surface area contributed by atoms with Crippen molar-refractivity contribution in [2.45, 2.75) is 95.7 Å². The Morgan fingerprint density at radius 1 is 1.23 bits per heavy atom. The van der Waals surface area contributed by atoms with E-state index in [0.717, 1.165) is 44.9 Å². The summed E-state index contributed by atoms with van der Waals surface area (Å²) in [7, 11) is 3.63. The van der Waals surface area contributed by atoms with E-state index < -0.39 is 5.60 Å². The summed E-state index contributed by atoms with van der Waals surface area (Å²) in [4.78, 5) is 13.4. The number of nitrogens with zero attached hydrogens (tertiary/aromatic N) is 1. The van der Waals surface area contributed by atoms with Crippen LogP contribution < -0.4 is 0 Å². The molecule has 0 spiro atoms. The van der Waals surface area contributed by atoms with E-state index in [4.69, 9.17) is 0 Å². The minimum absolute atomic E-state index is 0.209. The summed E-state index contributed by atoms with van der Waals surface area (Å²) in [5.74, 6) is 1.84. The Morgan fingerprint density at radius 2 is 1.97 bits per heavy atom. The molecule has 4 heteroatoms. The molecule has 0 heterocycles. The van der Waals surface area contributed by atoms with Gasteiger partial charge in [-0.2, -0.15) is 0 Å². The molecule has 0 unspecified atom stereocenters. The van der Waals surface area contributed by atoms with Gasteiger partial charge in [-0.05, 0) is 76.0 Å². The predicted octanol–water partition coefficient (Wildman–Crippen LogP) is 4.86. The Bertz CT molecular complexity index is 630. The molecule has 2 N–H and O–H groups in total. The van der Waals surface area contributed by atoms with Crippen molar-refractivity contribution in [3.8, 4) is 0 Å². The minimum atomic E-state index is -0.622.